The first kappa shape index (κ1) is 19.6. The van der Waals surface area contributed by atoms with Gasteiger partial charge in [0.25, 0.3) is 5.69 Å². The molecule has 132 valence electrons. The van der Waals surface area contributed by atoms with Crippen LogP contribution in [0.5, 0.6) is 0 Å². The van der Waals surface area contributed by atoms with Gasteiger partial charge in [0.1, 0.15) is 0 Å². The van der Waals surface area contributed by atoms with Gasteiger partial charge >= 0.3 is 0 Å². The third kappa shape index (κ3) is 6.74. The van der Waals surface area contributed by atoms with Crippen molar-refractivity contribution in [2.45, 2.75) is 33.2 Å². The molecule has 1 rings (SSSR count). The van der Waals surface area contributed by atoms with Gasteiger partial charge in [0.15, 0.2) is 0 Å². The van der Waals surface area contributed by atoms with Gasteiger partial charge in [-0.05, 0) is 40.3 Å². The number of nitro benzene ring substituents is 1. The summed E-state index contributed by atoms with van der Waals surface area (Å²) in [5.74, 6) is -0.519. The highest BCUT2D eigenvalue weighted by Crippen LogP contribution is 2.21. The van der Waals surface area contributed by atoms with Crippen LogP contribution in [0, 0.1) is 17.0 Å². The van der Waals surface area contributed by atoms with Crippen LogP contribution in [0.4, 0.5) is 11.4 Å². The van der Waals surface area contributed by atoms with E-state index < -0.39 is 4.92 Å². The van der Waals surface area contributed by atoms with Crippen LogP contribution in [0.1, 0.15) is 26.3 Å². The van der Waals surface area contributed by atoms with Crippen molar-refractivity contribution in [3.8, 4) is 0 Å². The van der Waals surface area contributed by atoms with Crippen LogP contribution in [-0.4, -0.2) is 47.3 Å². The molecular formula is C16H24N4O4. The lowest BCUT2D eigenvalue weighted by Gasteiger charge is -2.23. The van der Waals surface area contributed by atoms with Crippen LogP contribution in [-0.2, 0) is 9.59 Å². The molecule has 0 aromatic heterocycles. The molecule has 0 fully saturated rings. The first-order valence-corrected chi connectivity index (χ1v) is 7.52. The summed E-state index contributed by atoms with van der Waals surface area (Å²) in [6.07, 6.45) is 0. The van der Waals surface area contributed by atoms with Gasteiger partial charge in [-0.2, -0.15) is 0 Å². The summed E-state index contributed by atoms with van der Waals surface area (Å²) in [6, 6.07) is 4.28. The zero-order valence-corrected chi connectivity index (χ0v) is 14.7. The number of carbonyl (C=O) groups excluding carboxylic acids is 2. The van der Waals surface area contributed by atoms with E-state index in [2.05, 4.69) is 10.6 Å². The van der Waals surface area contributed by atoms with E-state index in [1.807, 2.05) is 20.8 Å². The molecule has 1 aromatic rings. The highest BCUT2D eigenvalue weighted by atomic mass is 16.6. The van der Waals surface area contributed by atoms with E-state index in [4.69, 9.17) is 0 Å². The maximum atomic E-state index is 12.1. The summed E-state index contributed by atoms with van der Waals surface area (Å²) in [5, 5.41) is 16.3. The fourth-order valence-electron chi connectivity index (χ4n) is 2.05. The number of anilines is 1. The highest BCUT2D eigenvalue weighted by molar-refractivity contribution is 5.93. The van der Waals surface area contributed by atoms with Crippen molar-refractivity contribution in [1.82, 2.24) is 10.2 Å². The summed E-state index contributed by atoms with van der Waals surface area (Å²) in [5.41, 5.74) is 0.693. The Kier molecular flexibility index (Phi) is 6.42. The van der Waals surface area contributed by atoms with Crippen LogP contribution in [0.2, 0.25) is 0 Å². The molecule has 1 aromatic carbocycles. The molecule has 0 aliphatic rings. The van der Waals surface area contributed by atoms with Gasteiger partial charge in [0.05, 0.1) is 23.7 Å². The Hall–Kier alpha value is -2.48. The molecule has 0 heterocycles. The quantitative estimate of drug-likeness (QED) is 0.607. The minimum atomic E-state index is -0.516. The third-order valence-electron chi connectivity index (χ3n) is 3.05. The molecule has 8 nitrogen and oxygen atoms in total. The van der Waals surface area contributed by atoms with Crippen LogP contribution in [0.25, 0.3) is 0 Å². The van der Waals surface area contributed by atoms with Crippen molar-refractivity contribution in [2.24, 2.45) is 0 Å². The summed E-state index contributed by atoms with van der Waals surface area (Å²) in [4.78, 5) is 35.8. The normalized spacial score (nSPS) is 11.2. The summed E-state index contributed by atoms with van der Waals surface area (Å²) < 4.78 is 0. The van der Waals surface area contributed by atoms with E-state index in [9.17, 15) is 19.7 Å². The Bertz CT molecular complexity index is 637. The molecule has 0 bridgehead atoms. The molecule has 0 aliphatic heterocycles. The molecule has 0 atom stereocenters. The molecule has 0 spiro atoms. The van der Waals surface area contributed by atoms with E-state index in [-0.39, 0.29) is 36.1 Å². The topological polar surface area (TPSA) is 105 Å². The molecule has 8 heteroatoms. The number of nitrogens with one attached hydrogen (secondary N) is 2. The van der Waals surface area contributed by atoms with Gasteiger partial charge in [-0.15, -0.1) is 0 Å². The Labute approximate surface area is 141 Å². The van der Waals surface area contributed by atoms with Crippen molar-refractivity contribution < 1.29 is 14.5 Å². The largest absolute Gasteiger partial charge is 0.350 e. The number of nitro groups is 1. The van der Waals surface area contributed by atoms with E-state index in [0.717, 1.165) is 5.56 Å². The third-order valence-corrected chi connectivity index (χ3v) is 3.05. The van der Waals surface area contributed by atoms with Gasteiger partial charge in [0, 0.05) is 17.7 Å². The number of likely N-dealkylation sites (N-methyl/N-ethyl adjacent to an activating group) is 1. The number of hydrogen-bond acceptors (Lipinski definition) is 5. The zero-order valence-electron chi connectivity index (χ0n) is 14.7. The number of rotatable bonds is 6. The minimum Gasteiger partial charge on any atom is -0.350 e. The van der Waals surface area contributed by atoms with Gasteiger partial charge in [-0.3, -0.25) is 24.6 Å². The van der Waals surface area contributed by atoms with Crippen LogP contribution in [0.3, 0.4) is 0 Å². The van der Waals surface area contributed by atoms with Crippen molar-refractivity contribution in [3.05, 3.63) is 33.9 Å². The predicted octanol–water partition coefficient (Wildman–Crippen LogP) is 1.69. The van der Waals surface area contributed by atoms with Crippen molar-refractivity contribution in [2.75, 3.05) is 25.5 Å². The Balaban J connectivity index is 2.61. The minimum absolute atomic E-state index is 0.000303. The van der Waals surface area contributed by atoms with Crippen molar-refractivity contribution in [1.29, 1.82) is 0 Å². The second-order valence-electron chi connectivity index (χ2n) is 6.77. The maximum absolute atomic E-state index is 12.1. The molecule has 0 aliphatic carbocycles. The molecular weight excluding hydrogens is 312 g/mol. The molecule has 0 saturated heterocycles. The average Bonchev–Trinajstić information content (AvgIpc) is 2.38. The summed E-state index contributed by atoms with van der Waals surface area (Å²) >= 11 is 0. The van der Waals surface area contributed by atoms with E-state index in [1.54, 1.807) is 24.9 Å². The lowest BCUT2D eigenvalue weighted by atomic mass is 10.1. The number of benzene rings is 1. The van der Waals surface area contributed by atoms with Gasteiger partial charge in [0.2, 0.25) is 11.8 Å². The Morgan fingerprint density at radius 3 is 2.33 bits per heavy atom. The highest BCUT2D eigenvalue weighted by Gasteiger charge is 2.17. The van der Waals surface area contributed by atoms with E-state index in [0.29, 0.717) is 5.69 Å². The van der Waals surface area contributed by atoms with Crippen LogP contribution < -0.4 is 10.6 Å². The summed E-state index contributed by atoms with van der Waals surface area (Å²) in [7, 11) is 1.65. The number of hydrogen-bond donors (Lipinski definition) is 2. The Morgan fingerprint density at radius 2 is 1.79 bits per heavy atom. The second kappa shape index (κ2) is 7.87. The second-order valence-corrected chi connectivity index (χ2v) is 6.77. The molecule has 2 amide bonds. The van der Waals surface area contributed by atoms with Crippen molar-refractivity contribution in [3.63, 3.8) is 0 Å². The van der Waals surface area contributed by atoms with E-state index >= 15 is 0 Å². The van der Waals surface area contributed by atoms with Gasteiger partial charge < -0.3 is 10.6 Å². The number of carbonyl (C=O) groups is 2. The Morgan fingerprint density at radius 1 is 1.21 bits per heavy atom. The van der Waals surface area contributed by atoms with Crippen LogP contribution in [0.15, 0.2) is 18.2 Å². The number of amides is 2. The smallest absolute Gasteiger partial charge is 0.271 e. The lowest BCUT2D eigenvalue weighted by molar-refractivity contribution is -0.384. The number of nitrogens with zero attached hydrogens (tertiary/aromatic N) is 2. The fraction of sp³-hybridized carbons (Fsp3) is 0.500. The zero-order chi connectivity index (χ0) is 18.5. The lowest BCUT2D eigenvalue weighted by Crippen LogP contribution is -2.46. The summed E-state index contributed by atoms with van der Waals surface area (Å²) in [6.45, 7) is 7.46. The molecule has 0 saturated carbocycles. The maximum Gasteiger partial charge on any atom is 0.271 e. The average molecular weight is 336 g/mol. The predicted molar refractivity (Wildman–Crippen MR) is 91.9 cm³/mol. The standard InChI is InChI=1S/C16H24N4O4/c1-11-6-7-12(20(23)24)8-13(11)17-14(21)9-19(5)10-15(22)18-16(2,3)4/h6-8H,9-10H2,1-5H3,(H,17,21)(H,18,22). The fourth-order valence-corrected chi connectivity index (χ4v) is 2.05. The molecule has 2 N–H and O–H groups in total. The first-order chi connectivity index (χ1) is 11.0. The van der Waals surface area contributed by atoms with Crippen LogP contribution >= 0.6 is 0 Å². The molecule has 0 unspecified atom stereocenters. The van der Waals surface area contributed by atoms with Crippen molar-refractivity contribution >= 4 is 23.2 Å². The molecule has 24 heavy (non-hydrogen) atoms. The number of non-ortho nitro benzene ring substituents is 1. The van der Waals surface area contributed by atoms with Gasteiger partial charge in [-0.25, -0.2) is 0 Å². The SMILES string of the molecule is Cc1ccc([N+](=O)[O-])cc1NC(=O)CN(C)CC(=O)NC(C)(C)C. The number of aryl methyl sites for hydroxylation is 1. The molecule has 0 radical (unpaired) electrons. The monoisotopic (exact) mass is 336 g/mol. The van der Waals surface area contributed by atoms with Gasteiger partial charge in [-0.1, -0.05) is 6.07 Å². The first-order valence-electron chi connectivity index (χ1n) is 7.52. The van der Waals surface area contributed by atoms with E-state index in [1.165, 1.54) is 12.1 Å².